The Hall–Kier alpha value is -3.89. The van der Waals surface area contributed by atoms with E-state index in [0.29, 0.717) is 51.5 Å². The second kappa shape index (κ2) is 15.9. The van der Waals surface area contributed by atoms with Gasteiger partial charge in [-0.2, -0.15) is 4.73 Å². The molecule has 1 aromatic heterocycles. The van der Waals surface area contributed by atoms with Crippen molar-refractivity contribution in [3.63, 3.8) is 0 Å². The van der Waals surface area contributed by atoms with Gasteiger partial charge in [-0.1, -0.05) is 58.2 Å². The Morgan fingerprint density at radius 3 is 2.42 bits per heavy atom. The lowest BCUT2D eigenvalue weighted by atomic mass is 9.93. The zero-order valence-corrected chi connectivity index (χ0v) is 27.1. The van der Waals surface area contributed by atoms with Gasteiger partial charge in [-0.25, -0.2) is 0 Å². The molecular formula is C34H49N5O6. The van der Waals surface area contributed by atoms with Crippen molar-refractivity contribution < 1.29 is 28.8 Å². The number of carbonyl (C=O) groups excluding carboxylic acids is 5. The topological polar surface area (TPSA) is 139 Å². The highest BCUT2D eigenvalue weighted by Crippen LogP contribution is 2.24. The van der Waals surface area contributed by atoms with Crippen molar-refractivity contribution in [2.75, 3.05) is 13.7 Å². The van der Waals surface area contributed by atoms with Gasteiger partial charge in [-0.3, -0.25) is 24.0 Å². The molecule has 246 valence electrons. The van der Waals surface area contributed by atoms with Crippen LogP contribution >= 0.6 is 0 Å². The van der Waals surface area contributed by atoms with Crippen molar-refractivity contribution in [2.45, 2.75) is 116 Å². The minimum atomic E-state index is -1.01. The molecule has 1 aromatic carbocycles. The van der Waals surface area contributed by atoms with E-state index in [1.165, 1.54) is 0 Å². The molecule has 45 heavy (non-hydrogen) atoms. The predicted octanol–water partition coefficient (Wildman–Crippen LogP) is 3.07. The van der Waals surface area contributed by atoms with Crippen molar-refractivity contribution in [1.29, 1.82) is 0 Å². The van der Waals surface area contributed by atoms with Gasteiger partial charge in [0.05, 0.1) is 5.52 Å². The number of para-hydroxylation sites is 1. The van der Waals surface area contributed by atoms with E-state index >= 15 is 0 Å². The molecular weight excluding hydrogens is 574 g/mol. The predicted molar refractivity (Wildman–Crippen MR) is 171 cm³/mol. The summed E-state index contributed by atoms with van der Waals surface area (Å²) in [5, 5.41) is 9.75. The standard InChI is InChI=1S/C34H49N5O6/c1-5-22(3)30-34(44)38-19-13-12-18-29(38)33(43)35-26(16-9-7-8-14-24(40)6-2)31(41)36-27(32(42)37-30)20-23-21-39(45-4)28-17-11-10-15-25(23)28/h10-11,15,17,21-22,26-27,29-30H,5-9,12-14,16,18-20H2,1-4H3,(H,35,43)(H,36,41)(H,37,42)/t22-,26+,27+,29-,30+/m1/s1. The maximum absolute atomic E-state index is 14.0. The summed E-state index contributed by atoms with van der Waals surface area (Å²) in [5.41, 5.74) is 1.62. The smallest absolute Gasteiger partial charge is 0.246 e. The van der Waals surface area contributed by atoms with Crippen LogP contribution in [0.4, 0.5) is 0 Å². The fourth-order valence-electron chi connectivity index (χ4n) is 6.38. The summed E-state index contributed by atoms with van der Waals surface area (Å²) in [6.07, 6.45) is 8.07. The minimum Gasteiger partial charge on any atom is -0.417 e. The number of ketones is 1. The Bertz CT molecular complexity index is 1370. The largest absolute Gasteiger partial charge is 0.417 e. The van der Waals surface area contributed by atoms with Gasteiger partial charge in [-0.15, -0.1) is 0 Å². The monoisotopic (exact) mass is 623 g/mol. The summed E-state index contributed by atoms with van der Waals surface area (Å²) < 4.78 is 1.62. The zero-order chi connectivity index (χ0) is 32.5. The third-order valence-electron chi connectivity index (χ3n) is 9.36. The molecule has 2 aromatic rings. The van der Waals surface area contributed by atoms with Crippen LogP contribution in [0.1, 0.15) is 90.5 Å². The van der Waals surface area contributed by atoms with Crippen LogP contribution in [0.2, 0.25) is 0 Å². The van der Waals surface area contributed by atoms with Crippen LogP contribution < -0.4 is 20.8 Å². The van der Waals surface area contributed by atoms with Crippen LogP contribution in [0, 0.1) is 5.92 Å². The summed E-state index contributed by atoms with van der Waals surface area (Å²) in [6.45, 7) is 6.14. The fraction of sp³-hybridized carbons (Fsp3) is 0.618. The van der Waals surface area contributed by atoms with E-state index in [1.807, 2.05) is 45.0 Å². The van der Waals surface area contributed by atoms with Crippen LogP contribution in [0.15, 0.2) is 30.5 Å². The SMILES string of the molecule is CCC(=O)CCCCC[C@@H]1NC(=O)[C@H]2CCCCN2C(=O)[C@H]([C@H](C)CC)NC(=O)[C@H](Cc2cn(OC)c3ccccc23)NC1=O. The van der Waals surface area contributed by atoms with E-state index in [9.17, 15) is 24.0 Å². The highest BCUT2D eigenvalue weighted by Gasteiger charge is 2.40. The van der Waals surface area contributed by atoms with Gasteiger partial charge in [0.15, 0.2) is 0 Å². The number of unbranched alkanes of at least 4 members (excludes halogenated alkanes) is 2. The van der Waals surface area contributed by atoms with E-state index in [-0.39, 0.29) is 29.9 Å². The molecule has 2 saturated heterocycles. The molecule has 0 bridgehead atoms. The highest BCUT2D eigenvalue weighted by molar-refractivity contribution is 5.98. The van der Waals surface area contributed by atoms with Gasteiger partial charge < -0.3 is 25.7 Å². The summed E-state index contributed by atoms with van der Waals surface area (Å²) in [7, 11) is 1.56. The molecule has 0 saturated carbocycles. The van der Waals surface area contributed by atoms with Crippen molar-refractivity contribution in [2.24, 2.45) is 5.92 Å². The molecule has 4 rings (SSSR count). The summed E-state index contributed by atoms with van der Waals surface area (Å²) >= 11 is 0. The van der Waals surface area contributed by atoms with Gasteiger partial charge in [0, 0.05) is 37.4 Å². The molecule has 0 spiro atoms. The highest BCUT2D eigenvalue weighted by atomic mass is 16.6. The lowest BCUT2D eigenvalue weighted by molar-refractivity contribution is -0.147. The summed E-state index contributed by atoms with van der Waals surface area (Å²) in [6, 6.07) is 4.20. The average Bonchev–Trinajstić information content (AvgIpc) is 3.41. The molecule has 0 radical (unpaired) electrons. The Morgan fingerprint density at radius 1 is 0.956 bits per heavy atom. The van der Waals surface area contributed by atoms with Crippen molar-refractivity contribution in [3.05, 3.63) is 36.0 Å². The molecule has 2 aliphatic heterocycles. The van der Waals surface area contributed by atoms with Crippen molar-refractivity contribution >= 4 is 40.3 Å². The van der Waals surface area contributed by atoms with Crippen LogP contribution in [-0.2, 0) is 30.4 Å². The van der Waals surface area contributed by atoms with Crippen molar-refractivity contribution in [1.82, 2.24) is 25.6 Å². The van der Waals surface area contributed by atoms with Crippen LogP contribution in [0.25, 0.3) is 10.9 Å². The minimum absolute atomic E-state index is 0.155. The molecule has 11 heteroatoms. The van der Waals surface area contributed by atoms with E-state index in [4.69, 9.17) is 4.84 Å². The molecule has 5 atom stereocenters. The average molecular weight is 624 g/mol. The lowest BCUT2D eigenvalue weighted by Crippen LogP contribution is -2.64. The van der Waals surface area contributed by atoms with Gasteiger partial charge in [0.2, 0.25) is 23.6 Å². The van der Waals surface area contributed by atoms with E-state index in [0.717, 1.165) is 35.7 Å². The number of fused-ring (bicyclic) bond motifs is 2. The third-order valence-corrected chi connectivity index (χ3v) is 9.36. The molecule has 4 amide bonds. The molecule has 0 aliphatic carbocycles. The number of carbonyl (C=O) groups is 5. The number of benzene rings is 1. The second-order valence-corrected chi connectivity index (χ2v) is 12.4. The second-order valence-electron chi connectivity index (χ2n) is 12.4. The molecule has 2 fully saturated rings. The molecule has 3 N–H and O–H groups in total. The van der Waals surface area contributed by atoms with Gasteiger partial charge in [-0.05, 0) is 49.7 Å². The van der Waals surface area contributed by atoms with Crippen LogP contribution in [-0.4, -0.2) is 76.9 Å². The van der Waals surface area contributed by atoms with E-state index in [2.05, 4.69) is 16.0 Å². The number of amides is 4. The number of aromatic nitrogens is 1. The number of rotatable bonds is 12. The number of nitrogens with one attached hydrogen (secondary N) is 3. The number of nitrogens with zero attached hydrogens (tertiary/aromatic N) is 2. The van der Waals surface area contributed by atoms with Gasteiger partial charge >= 0.3 is 0 Å². The quantitative estimate of drug-likeness (QED) is 0.311. The van der Waals surface area contributed by atoms with Crippen LogP contribution in [0.3, 0.4) is 0 Å². The van der Waals surface area contributed by atoms with E-state index in [1.54, 1.807) is 22.9 Å². The Kier molecular flexibility index (Phi) is 12.0. The summed E-state index contributed by atoms with van der Waals surface area (Å²) in [5.74, 6) is -1.50. The molecule has 11 nitrogen and oxygen atoms in total. The first-order valence-electron chi connectivity index (χ1n) is 16.5. The summed E-state index contributed by atoms with van der Waals surface area (Å²) in [4.78, 5) is 74.5. The third kappa shape index (κ3) is 8.23. The maximum Gasteiger partial charge on any atom is 0.246 e. The molecule has 2 aliphatic rings. The Balaban J connectivity index is 1.66. The lowest BCUT2D eigenvalue weighted by Gasteiger charge is -2.39. The van der Waals surface area contributed by atoms with Gasteiger partial charge in [0.25, 0.3) is 0 Å². The number of hydrogen-bond donors (Lipinski definition) is 3. The number of piperidine rings is 1. The number of hydrogen-bond acceptors (Lipinski definition) is 6. The number of Topliss-reactive ketones (excluding diaryl/α,β-unsaturated/α-hetero) is 1. The first kappa shape index (κ1) is 34.0. The first-order chi connectivity index (χ1) is 21.7. The Morgan fingerprint density at radius 2 is 1.69 bits per heavy atom. The maximum atomic E-state index is 14.0. The fourth-order valence-corrected chi connectivity index (χ4v) is 6.38. The van der Waals surface area contributed by atoms with E-state index < -0.39 is 36.0 Å². The molecule has 0 unspecified atom stereocenters. The first-order valence-corrected chi connectivity index (χ1v) is 16.5. The normalized spacial score (nSPS) is 23.7. The van der Waals surface area contributed by atoms with Crippen molar-refractivity contribution in [3.8, 4) is 0 Å². The van der Waals surface area contributed by atoms with Crippen LogP contribution in [0.5, 0.6) is 0 Å². The molecule has 3 heterocycles. The van der Waals surface area contributed by atoms with Gasteiger partial charge in [0.1, 0.15) is 37.1 Å². The zero-order valence-electron chi connectivity index (χ0n) is 27.1. The Labute approximate surface area is 265 Å².